The van der Waals surface area contributed by atoms with E-state index < -0.39 is 0 Å². The van der Waals surface area contributed by atoms with Crippen molar-refractivity contribution in [1.82, 2.24) is 4.98 Å². The Morgan fingerprint density at radius 2 is 1.63 bits per heavy atom. The van der Waals surface area contributed by atoms with Crippen molar-refractivity contribution in [2.75, 3.05) is 0 Å². The summed E-state index contributed by atoms with van der Waals surface area (Å²) in [6.07, 6.45) is 1.17. The number of hydrogen-bond acceptors (Lipinski definition) is 3. The van der Waals surface area contributed by atoms with Crippen LogP contribution >= 0.6 is 0 Å². The Bertz CT molecular complexity index is 1280. The van der Waals surface area contributed by atoms with Crippen molar-refractivity contribution < 1.29 is 30.0 Å². The number of aliphatic hydroxyl groups is 1. The molecule has 2 heterocycles. The van der Waals surface area contributed by atoms with Crippen LogP contribution in [0.3, 0.4) is 0 Å². The smallest absolute Gasteiger partial charge is 0 e. The van der Waals surface area contributed by atoms with Crippen molar-refractivity contribution in [2.24, 2.45) is 0 Å². The number of benzene rings is 2. The van der Waals surface area contributed by atoms with Crippen LogP contribution < -0.4 is 0 Å². The molecule has 0 bridgehead atoms. The van der Waals surface area contributed by atoms with E-state index in [2.05, 4.69) is 76.2 Å². The maximum Gasteiger partial charge on any atom is 0 e. The van der Waals surface area contributed by atoms with Crippen LogP contribution in [-0.4, -0.2) is 30.4 Å². The maximum absolute atomic E-state index is 10.0. The number of rotatable bonds is 5. The largest absolute Gasteiger partial charge is 0 e. The Balaban J connectivity index is 0.000000476. The predicted octanol–water partition coefficient (Wildman–Crippen LogP) is 7.71. The van der Waals surface area contributed by atoms with E-state index in [4.69, 9.17) is 10.1 Å². The summed E-state index contributed by atoms with van der Waals surface area (Å²) in [5.41, 5.74) is 6.47. The van der Waals surface area contributed by atoms with E-state index in [1.54, 1.807) is 0 Å². The number of ketones is 1. The van der Waals surface area contributed by atoms with Crippen LogP contribution in [0.15, 0.2) is 72.5 Å². The van der Waals surface area contributed by atoms with Crippen LogP contribution in [0.25, 0.3) is 31.0 Å². The molecule has 4 rings (SSSR count). The molecule has 1 N–H and O–H groups in total. The minimum absolute atomic E-state index is 0. The van der Waals surface area contributed by atoms with Crippen LogP contribution in [0.2, 0.25) is 0 Å². The fourth-order valence-electron chi connectivity index (χ4n) is 3.87. The number of aromatic nitrogens is 1. The number of hydrogen-bond donors (Lipinski definition) is 1. The molecule has 0 fully saturated rings. The molecule has 0 atom stereocenters. The fraction of sp³-hybridized carbons (Fsp3) is 0.267. The Kier molecular flexibility index (Phi) is 10.9. The summed E-state index contributed by atoms with van der Waals surface area (Å²) in [4.78, 5) is 15.0. The average Bonchev–Trinajstić information content (AvgIpc) is 3.21. The molecule has 0 aliphatic rings. The summed E-state index contributed by atoms with van der Waals surface area (Å²) in [6.45, 7) is 12.0. The first-order valence-electron chi connectivity index (χ1n) is 11.6. The summed E-state index contributed by atoms with van der Waals surface area (Å²) in [7, 11) is 0. The second-order valence-electron chi connectivity index (χ2n) is 9.00. The second-order valence-corrected chi connectivity index (χ2v) is 11.2. The van der Waals surface area contributed by atoms with E-state index in [0.717, 1.165) is 11.3 Å². The van der Waals surface area contributed by atoms with Crippen molar-refractivity contribution in [3.8, 4) is 21.3 Å². The summed E-state index contributed by atoms with van der Waals surface area (Å²) in [6, 6.07) is 24.9. The van der Waals surface area contributed by atoms with E-state index in [9.17, 15) is 4.79 Å². The van der Waals surface area contributed by atoms with Crippen molar-refractivity contribution in [2.45, 2.75) is 53.4 Å². The molecule has 2 aromatic heterocycles. The second kappa shape index (κ2) is 13.1. The summed E-state index contributed by atoms with van der Waals surface area (Å²) in [5, 5.41) is 9.64. The Labute approximate surface area is 228 Å². The van der Waals surface area contributed by atoms with Crippen molar-refractivity contribution >= 4 is 30.1 Å². The number of pyridine rings is 1. The molecule has 0 aliphatic heterocycles. The Morgan fingerprint density at radius 3 is 2.11 bits per heavy atom. The van der Waals surface area contributed by atoms with E-state index in [1.807, 2.05) is 18.2 Å². The zero-order chi connectivity index (χ0) is 24.8. The number of carbonyl (C=O) groups excluding carboxylic acids is 1. The van der Waals surface area contributed by atoms with Gasteiger partial charge in [0.05, 0.1) is 5.76 Å². The first kappa shape index (κ1) is 28.9. The van der Waals surface area contributed by atoms with E-state index >= 15 is 0 Å². The molecule has 0 unspecified atom stereocenters. The molecule has 2 aromatic carbocycles. The van der Waals surface area contributed by atoms with Crippen molar-refractivity contribution in [1.29, 1.82) is 0 Å². The third-order valence-corrected chi connectivity index (χ3v) is 7.63. The molecule has 0 saturated heterocycles. The first-order chi connectivity index (χ1) is 16.2. The molecular formula is C30H32IrNO2Se-. The zero-order valence-corrected chi connectivity index (χ0v) is 25.2. The number of aliphatic hydroxyl groups excluding tert-OH is 1. The van der Waals surface area contributed by atoms with Gasteiger partial charge in [0.15, 0.2) is 5.78 Å². The number of nitrogens with zero attached hydrogens (tertiary/aromatic N) is 1. The van der Waals surface area contributed by atoms with Gasteiger partial charge in [0.1, 0.15) is 0 Å². The molecule has 0 aliphatic carbocycles. The number of carbonyl (C=O) groups is 1. The van der Waals surface area contributed by atoms with Gasteiger partial charge in [0, 0.05) is 26.2 Å². The zero-order valence-electron chi connectivity index (χ0n) is 21.0. The van der Waals surface area contributed by atoms with Crippen LogP contribution in [0.4, 0.5) is 0 Å². The molecular weight excluding hydrogens is 678 g/mol. The normalized spacial score (nSPS) is 11.3. The van der Waals surface area contributed by atoms with E-state index in [0.29, 0.717) is 11.8 Å². The van der Waals surface area contributed by atoms with Gasteiger partial charge in [0.2, 0.25) is 0 Å². The molecule has 185 valence electrons. The van der Waals surface area contributed by atoms with E-state index in [1.165, 1.54) is 50.8 Å². The molecule has 0 amide bonds. The average molecular weight is 710 g/mol. The summed E-state index contributed by atoms with van der Waals surface area (Å²) >= 11 is 0.231. The van der Waals surface area contributed by atoms with Crippen LogP contribution in [0, 0.1) is 6.07 Å². The number of allylic oxidation sites excluding steroid dienone is 2. The molecule has 35 heavy (non-hydrogen) atoms. The van der Waals surface area contributed by atoms with Gasteiger partial charge >= 0.3 is 168 Å². The molecule has 1 radical (unpaired) electrons. The third-order valence-electron chi connectivity index (χ3n) is 5.40. The summed E-state index contributed by atoms with van der Waals surface area (Å²) in [5.74, 6) is 0.968. The monoisotopic (exact) mass is 711 g/mol. The maximum atomic E-state index is 10.0. The van der Waals surface area contributed by atoms with Gasteiger partial charge in [-0.1, -0.05) is 0 Å². The quantitative estimate of drug-likeness (QED) is 0.100. The first-order valence-corrected chi connectivity index (χ1v) is 13.3. The number of fused-ring (bicyclic) bond motifs is 1. The van der Waals surface area contributed by atoms with Gasteiger partial charge < -0.3 is 5.11 Å². The Hall–Kier alpha value is -2.29. The molecule has 4 aromatic rings. The third kappa shape index (κ3) is 7.59. The van der Waals surface area contributed by atoms with Gasteiger partial charge in [-0.25, -0.2) is 0 Å². The fourth-order valence-corrected chi connectivity index (χ4v) is 6.22. The SMILES string of the molecule is CC(=O)/C=C(/C)O.CC(C)c1cccc(C(C)C)c1-c1cc2ccc(-c3[c-]cccc3)nc2[se]1.[Ir]. The molecule has 3 nitrogen and oxygen atoms in total. The van der Waals surface area contributed by atoms with Crippen LogP contribution in [0.5, 0.6) is 0 Å². The van der Waals surface area contributed by atoms with Crippen molar-refractivity contribution in [3.63, 3.8) is 0 Å². The minimum atomic E-state index is -0.125. The van der Waals surface area contributed by atoms with Gasteiger partial charge in [-0.05, 0) is 13.8 Å². The molecule has 5 heteroatoms. The Morgan fingerprint density at radius 1 is 0.971 bits per heavy atom. The van der Waals surface area contributed by atoms with Gasteiger partial charge in [-0.15, -0.1) is 0 Å². The minimum Gasteiger partial charge on any atom is 0 e. The van der Waals surface area contributed by atoms with Crippen LogP contribution in [0.1, 0.15) is 64.5 Å². The standard InChI is InChI=1S/C25H24NSe.C5H8O2.Ir/c1-16(2)20-11-8-12-21(17(3)4)24(20)23-15-19-13-14-22(26-25(19)27-23)18-9-6-5-7-10-18;1-4(6)3-5(2)7;/h5-9,11-17H,1-4H3;3,6H,1-2H3;/q-1;;/b;4-3-;. The predicted molar refractivity (Wildman–Crippen MR) is 144 cm³/mol. The topological polar surface area (TPSA) is 50.2 Å². The molecule has 0 saturated carbocycles. The molecule has 0 spiro atoms. The summed E-state index contributed by atoms with van der Waals surface area (Å²) < 4.78 is 2.70. The van der Waals surface area contributed by atoms with Gasteiger partial charge in [-0.2, -0.15) is 0 Å². The van der Waals surface area contributed by atoms with Crippen LogP contribution in [-0.2, 0) is 24.9 Å². The van der Waals surface area contributed by atoms with E-state index in [-0.39, 0.29) is 46.2 Å². The van der Waals surface area contributed by atoms with Crippen molar-refractivity contribution in [3.05, 3.63) is 89.7 Å². The van der Waals surface area contributed by atoms with Gasteiger partial charge in [-0.3, -0.25) is 4.79 Å². The van der Waals surface area contributed by atoms with Gasteiger partial charge in [0.25, 0.3) is 0 Å².